The van der Waals surface area contributed by atoms with E-state index in [2.05, 4.69) is 103 Å². The zero-order valence-electron chi connectivity index (χ0n) is 17.2. The number of aromatic nitrogens is 1. The van der Waals surface area contributed by atoms with Crippen molar-refractivity contribution in [1.82, 2.24) is 0 Å². The monoisotopic (exact) mass is 369 g/mol. The smallest absolute Gasteiger partial charge is 0.213 e. The molecule has 0 saturated heterocycles. The SMILES string of the molecule is CCCC[n+]1ccc(/C=C2\C=Cc3ccccc3N2CC)c2cc(C)ccc21. The average molecular weight is 370 g/mol. The Morgan fingerprint density at radius 2 is 1.86 bits per heavy atom. The normalized spacial score (nSPS) is 14.7. The summed E-state index contributed by atoms with van der Waals surface area (Å²) in [5.74, 6) is 0. The fourth-order valence-corrected chi connectivity index (χ4v) is 4.04. The number of likely N-dealkylation sites (N-methyl/N-ethyl adjacent to an activating group) is 1. The summed E-state index contributed by atoms with van der Waals surface area (Å²) in [7, 11) is 0. The number of hydrogen-bond acceptors (Lipinski definition) is 1. The third-order valence-corrected chi connectivity index (χ3v) is 5.55. The maximum absolute atomic E-state index is 2.40. The lowest BCUT2D eigenvalue weighted by atomic mass is 10.0. The molecule has 0 bridgehead atoms. The Labute approximate surface area is 168 Å². The lowest BCUT2D eigenvalue weighted by Gasteiger charge is -2.29. The van der Waals surface area contributed by atoms with Gasteiger partial charge < -0.3 is 4.90 Å². The van der Waals surface area contributed by atoms with Crippen LogP contribution in [0.2, 0.25) is 0 Å². The second kappa shape index (κ2) is 8.02. The zero-order valence-corrected chi connectivity index (χ0v) is 17.2. The highest BCUT2D eigenvalue weighted by molar-refractivity contribution is 5.89. The van der Waals surface area contributed by atoms with Crippen molar-refractivity contribution in [3.8, 4) is 0 Å². The third-order valence-electron chi connectivity index (χ3n) is 5.55. The molecular formula is C26H29N2+. The van der Waals surface area contributed by atoms with Gasteiger partial charge in [-0.3, -0.25) is 0 Å². The molecule has 28 heavy (non-hydrogen) atoms. The van der Waals surface area contributed by atoms with Crippen molar-refractivity contribution < 1.29 is 4.57 Å². The highest BCUT2D eigenvalue weighted by Crippen LogP contribution is 2.32. The summed E-state index contributed by atoms with van der Waals surface area (Å²) in [4.78, 5) is 2.40. The van der Waals surface area contributed by atoms with E-state index in [9.17, 15) is 0 Å². The molecule has 3 aromatic rings. The Kier molecular flexibility index (Phi) is 5.29. The molecule has 0 radical (unpaired) electrons. The molecule has 0 fully saturated rings. The molecule has 0 amide bonds. The number of aryl methyl sites for hydroxylation is 2. The Bertz CT molecular complexity index is 1060. The number of benzene rings is 2. The molecule has 2 heterocycles. The summed E-state index contributed by atoms with van der Waals surface area (Å²) in [6.07, 6.45) is 11.5. The number of fused-ring (bicyclic) bond motifs is 2. The standard InChI is InChI=1S/C26H29N2/c1-4-6-16-27-17-15-22(24-18-20(3)11-14-26(24)27)19-23-13-12-21-9-7-8-10-25(21)28(23)5-2/h7-15,17-19H,4-6,16H2,1-3H3/q+1. The lowest BCUT2D eigenvalue weighted by Crippen LogP contribution is -2.34. The van der Waals surface area contributed by atoms with Gasteiger partial charge in [0.05, 0.1) is 5.39 Å². The molecule has 2 nitrogen and oxygen atoms in total. The molecule has 1 aliphatic heterocycles. The molecule has 0 unspecified atom stereocenters. The number of rotatable bonds is 5. The summed E-state index contributed by atoms with van der Waals surface area (Å²) in [6, 6.07) is 17.7. The average Bonchev–Trinajstić information content (AvgIpc) is 2.73. The zero-order chi connectivity index (χ0) is 19.5. The van der Waals surface area contributed by atoms with Gasteiger partial charge in [0, 0.05) is 36.5 Å². The first-order valence-corrected chi connectivity index (χ1v) is 10.4. The maximum Gasteiger partial charge on any atom is 0.213 e. The molecule has 4 rings (SSSR count). The topological polar surface area (TPSA) is 7.12 Å². The molecule has 2 aromatic carbocycles. The van der Waals surface area contributed by atoms with Crippen LogP contribution in [0.5, 0.6) is 0 Å². The van der Waals surface area contributed by atoms with Crippen molar-refractivity contribution in [2.75, 3.05) is 11.4 Å². The summed E-state index contributed by atoms with van der Waals surface area (Å²) >= 11 is 0. The van der Waals surface area contributed by atoms with Gasteiger partial charge in [-0.15, -0.1) is 0 Å². The number of unbranched alkanes of at least 4 members (excludes halogenated alkanes) is 1. The van der Waals surface area contributed by atoms with Crippen LogP contribution in [0.3, 0.4) is 0 Å². The predicted molar refractivity (Wildman–Crippen MR) is 120 cm³/mol. The van der Waals surface area contributed by atoms with E-state index >= 15 is 0 Å². The minimum absolute atomic E-state index is 0.952. The summed E-state index contributed by atoms with van der Waals surface area (Å²) < 4.78 is 2.39. The van der Waals surface area contributed by atoms with Crippen molar-refractivity contribution in [1.29, 1.82) is 0 Å². The van der Waals surface area contributed by atoms with E-state index in [1.54, 1.807) is 0 Å². The van der Waals surface area contributed by atoms with Gasteiger partial charge >= 0.3 is 0 Å². The number of anilines is 1. The Morgan fingerprint density at radius 3 is 2.68 bits per heavy atom. The van der Waals surface area contributed by atoms with E-state index in [0.29, 0.717) is 0 Å². The van der Waals surface area contributed by atoms with Crippen LogP contribution in [0.25, 0.3) is 23.1 Å². The fraction of sp³-hybridized carbons (Fsp3) is 0.269. The maximum atomic E-state index is 2.40. The number of para-hydroxylation sites is 1. The van der Waals surface area contributed by atoms with Crippen LogP contribution in [-0.2, 0) is 6.54 Å². The summed E-state index contributed by atoms with van der Waals surface area (Å²) in [5, 5.41) is 1.33. The molecule has 0 aliphatic carbocycles. The second-order valence-corrected chi connectivity index (χ2v) is 7.54. The van der Waals surface area contributed by atoms with E-state index in [0.717, 1.165) is 13.1 Å². The molecule has 0 spiro atoms. The van der Waals surface area contributed by atoms with Crippen molar-refractivity contribution >= 4 is 28.7 Å². The molecule has 0 N–H and O–H groups in total. The fourth-order valence-electron chi connectivity index (χ4n) is 4.04. The Morgan fingerprint density at radius 1 is 1.00 bits per heavy atom. The van der Waals surface area contributed by atoms with Gasteiger partial charge in [0.25, 0.3) is 0 Å². The predicted octanol–water partition coefficient (Wildman–Crippen LogP) is 6.13. The van der Waals surface area contributed by atoms with Crippen molar-refractivity contribution in [3.63, 3.8) is 0 Å². The largest absolute Gasteiger partial charge is 0.341 e. The van der Waals surface area contributed by atoms with Gasteiger partial charge in [-0.25, -0.2) is 0 Å². The van der Waals surface area contributed by atoms with Gasteiger partial charge in [0.2, 0.25) is 5.52 Å². The third kappa shape index (κ3) is 3.47. The molecule has 142 valence electrons. The molecule has 0 atom stereocenters. The molecule has 0 saturated carbocycles. The van der Waals surface area contributed by atoms with Crippen molar-refractivity contribution in [2.24, 2.45) is 0 Å². The van der Waals surface area contributed by atoms with Crippen LogP contribution in [-0.4, -0.2) is 6.54 Å². The number of pyridine rings is 1. The highest BCUT2D eigenvalue weighted by Gasteiger charge is 2.17. The van der Waals surface area contributed by atoms with Crippen molar-refractivity contribution in [3.05, 3.63) is 83.2 Å². The van der Waals surface area contributed by atoms with Gasteiger partial charge in [0.15, 0.2) is 6.20 Å². The summed E-state index contributed by atoms with van der Waals surface area (Å²) in [6.45, 7) is 8.66. The van der Waals surface area contributed by atoms with Gasteiger partial charge in [-0.05, 0) is 49.3 Å². The Hall–Kier alpha value is -2.87. The van der Waals surface area contributed by atoms with E-state index in [4.69, 9.17) is 0 Å². The minimum Gasteiger partial charge on any atom is -0.341 e. The lowest BCUT2D eigenvalue weighted by molar-refractivity contribution is -0.671. The molecule has 1 aliphatic rings. The van der Waals surface area contributed by atoms with E-state index in [-0.39, 0.29) is 0 Å². The minimum atomic E-state index is 0.952. The van der Waals surface area contributed by atoms with Crippen molar-refractivity contribution in [2.45, 2.75) is 40.2 Å². The molecule has 1 aromatic heterocycles. The van der Waals surface area contributed by atoms with E-state index in [1.807, 2.05) is 0 Å². The van der Waals surface area contributed by atoms with E-state index in [1.165, 1.54) is 51.8 Å². The van der Waals surface area contributed by atoms with Crippen LogP contribution >= 0.6 is 0 Å². The first-order chi connectivity index (χ1) is 13.7. The quantitative estimate of drug-likeness (QED) is 0.491. The van der Waals surface area contributed by atoms with Crippen LogP contribution in [0.15, 0.2) is 66.5 Å². The van der Waals surface area contributed by atoms with Crippen LogP contribution in [0.4, 0.5) is 5.69 Å². The van der Waals surface area contributed by atoms with Crippen LogP contribution in [0.1, 0.15) is 43.4 Å². The van der Waals surface area contributed by atoms with Gasteiger partial charge in [0.1, 0.15) is 6.54 Å². The number of allylic oxidation sites excluding steroid dienone is 1. The molecular weight excluding hydrogens is 340 g/mol. The Balaban J connectivity index is 1.82. The van der Waals surface area contributed by atoms with Crippen LogP contribution in [0, 0.1) is 6.92 Å². The van der Waals surface area contributed by atoms with Gasteiger partial charge in [-0.2, -0.15) is 4.57 Å². The molecule has 2 heteroatoms. The van der Waals surface area contributed by atoms with E-state index < -0.39 is 0 Å². The number of hydrogen-bond donors (Lipinski definition) is 0. The highest BCUT2D eigenvalue weighted by atomic mass is 15.1. The first kappa shape index (κ1) is 18.5. The summed E-state index contributed by atoms with van der Waals surface area (Å²) in [5.41, 5.74) is 7.72. The van der Waals surface area contributed by atoms with Crippen LogP contribution < -0.4 is 9.47 Å². The van der Waals surface area contributed by atoms with Gasteiger partial charge in [-0.1, -0.05) is 49.2 Å². The first-order valence-electron chi connectivity index (χ1n) is 10.4. The number of nitrogens with zero attached hydrogens (tertiary/aromatic N) is 2. The second-order valence-electron chi connectivity index (χ2n) is 7.54.